The van der Waals surface area contributed by atoms with Crippen molar-refractivity contribution in [3.63, 3.8) is 0 Å². The van der Waals surface area contributed by atoms with Gasteiger partial charge >= 0.3 is 0 Å². The first-order chi connectivity index (χ1) is 14.9. The van der Waals surface area contributed by atoms with Crippen LogP contribution in [-0.4, -0.2) is 107 Å². The molecule has 0 atom stereocenters. The van der Waals surface area contributed by atoms with E-state index in [1.165, 1.54) is 10.9 Å². The zero-order chi connectivity index (χ0) is 22.5. The van der Waals surface area contributed by atoms with Crippen molar-refractivity contribution < 1.29 is 29.2 Å². The fourth-order valence-electron chi connectivity index (χ4n) is 2.69. The van der Waals surface area contributed by atoms with Crippen molar-refractivity contribution in [2.24, 2.45) is 0 Å². The van der Waals surface area contributed by atoms with Gasteiger partial charge in [0.2, 0.25) is 5.91 Å². The molecule has 176 valence electrons. The summed E-state index contributed by atoms with van der Waals surface area (Å²) >= 11 is 1.79. The predicted molar refractivity (Wildman–Crippen MR) is 115 cm³/mol. The summed E-state index contributed by atoms with van der Waals surface area (Å²) < 4.78 is 17.8. The Bertz CT molecular complexity index is 681. The minimum atomic E-state index is -2.10. The summed E-state index contributed by atoms with van der Waals surface area (Å²) in [5.74, 6) is -0.571. The number of carbonyl (C=O) groups excluding carboxylic acids is 1. The van der Waals surface area contributed by atoms with Crippen LogP contribution in [0.3, 0.4) is 0 Å². The van der Waals surface area contributed by atoms with Crippen LogP contribution in [0.1, 0.15) is 12.6 Å². The minimum Gasteiger partial charge on any atom is -0.377 e. The molecule has 0 radical (unpaired) electrons. The summed E-state index contributed by atoms with van der Waals surface area (Å²) in [5.41, 5.74) is 0.584. The van der Waals surface area contributed by atoms with Crippen molar-refractivity contribution in [2.45, 2.75) is 19.4 Å². The molecule has 0 aromatic carbocycles. The standard InChI is InChI=1S/C19H33N5O6S/c1-16(2)18(25)20-3-7-28-9-11-30-12-10-29-8-4-24-15-17(21-22-24)19(26,27)23-5-13-31-14-6-23/h15,26-27H,1,3-14H2,2H3,(H,20,25). The van der Waals surface area contributed by atoms with E-state index in [0.29, 0.717) is 71.4 Å². The molecular formula is C19H33N5O6S. The van der Waals surface area contributed by atoms with E-state index in [0.717, 1.165) is 11.5 Å². The third-order valence-electron chi connectivity index (χ3n) is 4.46. The number of amides is 1. The molecule has 1 aliphatic rings. The maximum atomic E-state index is 11.3. The normalized spacial score (nSPS) is 15.2. The second-order valence-corrected chi connectivity index (χ2v) is 8.20. The largest absolute Gasteiger partial charge is 0.377 e. The van der Waals surface area contributed by atoms with Crippen LogP contribution in [0, 0.1) is 0 Å². The summed E-state index contributed by atoms with van der Waals surface area (Å²) in [5, 5.41) is 31.3. The molecule has 1 amide bonds. The number of carbonyl (C=O) groups is 1. The van der Waals surface area contributed by atoms with Gasteiger partial charge in [-0.1, -0.05) is 11.8 Å². The molecule has 1 fully saturated rings. The Morgan fingerprint density at radius 1 is 1.16 bits per heavy atom. The number of aromatic nitrogens is 3. The van der Waals surface area contributed by atoms with Crippen LogP contribution >= 0.6 is 11.8 Å². The Morgan fingerprint density at radius 3 is 2.42 bits per heavy atom. The smallest absolute Gasteiger partial charge is 0.274 e. The second-order valence-electron chi connectivity index (χ2n) is 6.98. The van der Waals surface area contributed by atoms with Crippen LogP contribution in [0.15, 0.2) is 18.3 Å². The quantitative estimate of drug-likeness (QED) is 0.173. The number of nitrogens with one attached hydrogen (secondary N) is 1. The number of thioether (sulfide) groups is 1. The molecule has 3 N–H and O–H groups in total. The molecule has 12 heteroatoms. The van der Waals surface area contributed by atoms with Gasteiger partial charge in [-0.15, -0.1) is 5.10 Å². The molecule has 31 heavy (non-hydrogen) atoms. The fourth-order valence-corrected chi connectivity index (χ4v) is 3.59. The lowest BCUT2D eigenvalue weighted by Gasteiger charge is -2.35. The van der Waals surface area contributed by atoms with Gasteiger partial charge in [-0.3, -0.25) is 4.79 Å². The molecule has 0 bridgehead atoms. The van der Waals surface area contributed by atoms with E-state index in [4.69, 9.17) is 14.2 Å². The zero-order valence-corrected chi connectivity index (χ0v) is 18.8. The molecule has 1 aromatic heterocycles. The van der Waals surface area contributed by atoms with E-state index in [2.05, 4.69) is 22.2 Å². The first-order valence-electron chi connectivity index (χ1n) is 10.3. The number of ether oxygens (including phenoxy) is 3. The van der Waals surface area contributed by atoms with E-state index < -0.39 is 5.91 Å². The van der Waals surface area contributed by atoms with Crippen molar-refractivity contribution in [3.8, 4) is 0 Å². The van der Waals surface area contributed by atoms with E-state index in [9.17, 15) is 15.0 Å². The Labute approximate surface area is 186 Å². The van der Waals surface area contributed by atoms with Crippen LogP contribution < -0.4 is 5.32 Å². The van der Waals surface area contributed by atoms with Crippen molar-refractivity contribution in [1.82, 2.24) is 25.2 Å². The van der Waals surface area contributed by atoms with Gasteiger partial charge in [-0.05, 0) is 6.92 Å². The Morgan fingerprint density at radius 2 is 1.77 bits per heavy atom. The van der Waals surface area contributed by atoms with Crippen LogP contribution in [0.2, 0.25) is 0 Å². The summed E-state index contributed by atoms with van der Waals surface area (Å²) in [6.07, 6.45) is 1.53. The highest BCUT2D eigenvalue weighted by atomic mass is 32.2. The summed E-state index contributed by atoms with van der Waals surface area (Å²) in [6.45, 7) is 9.80. The van der Waals surface area contributed by atoms with Crippen LogP contribution in [0.5, 0.6) is 0 Å². The topological polar surface area (TPSA) is 131 Å². The lowest BCUT2D eigenvalue weighted by Crippen LogP contribution is -2.50. The van der Waals surface area contributed by atoms with E-state index in [-0.39, 0.29) is 11.6 Å². The molecule has 2 heterocycles. The predicted octanol–water partition coefficient (Wildman–Crippen LogP) is -0.836. The number of hydrogen-bond acceptors (Lipinski definition) is 10. The van der Waals surface area contributed by atoms with E-state index in [1.54, 1.807) is 23.6 Å². The van der Waals surface area contributed by atoms with E-state index >= 15 is 0 Å². The molecule has 11 nitrogen and oxygen atoms in total. The van der Waals surface area contributed by atoms with Gasteiger partial charge in [0, 0.05) is 36.7 Å². The third-order valence-corrected chi connectivity index (χ3v) is 5.41. The van der Waals surface area contributed by atoms with E-state index in [1.807, 2.05) is 0 Å². The number of hydrogen-bond donors (Lipinski definition) is 3. The molecule has 1 aliphatic heterocycles. The molecule has 0 saturated carbocycles. The van der Waals surface area contributed by atoms with Gasteiger partial charge in [0.15, 0.2) is 5.69 Å². The van der Waals surface area contributed by atoms with Gasteiger partial charge in [-0.25, -0.2) is 9.58 Å². The van der Waals surface area contributed by atoms with Gasteiger partial charge in [0.25, 0.3) is 5.91 Å². The summed E-state index contributed by atoms with van der Waals surface area (Å²) in [7, 11) is 0. The molecule has 1 saturated heterocycles. The van der Waals surface area contributed by atoms with Gasteiger partial charge in [0.05, 0.1) is 52.4 Å². The van der Waals surface area contributed by atoms with Crippen molar-refractivity contribution >= 4 is 17.7 Å². The maximum Gasteiger partial charge on any atom is 0.274 e. The number of nitrogens with zero attached hydrogens (tertiary/aromatic N) is 4. The third kappa shape index (κ3) is 9.23. The van der Waals surface area contributed by atoms with Crippen molar-refractivity contribution in [3.05, 3.63) is 24.0 Å². The number of rotatable bonds is 15. The highest BCUT2D eigenvalue weighted by molar-refractivity contribution is 7.99. The molecule has 2 rings (SSSR count). The van der Waals surface area contributed by atoms with Crippen LogP contribution in [-0.2, 0) is 31.5 Å². The maximum absolute atomic E-state index is 11.3. The second kappa shape index (κ2) is 13.8. The monoisotopic (exact) mass is 459 g/mol. The summed E-state index contributed by atoms with van der Waals surface area (Å²) in [4.78, 5) is 12.9. The highest BCUT2D eigenvalue weighted by Gasteiger charge is 2.37. The molecule has 1 aromatic rings. The zero-order valence-electron chi connectivity index (χ0n) is 18.0. The Balaban J connectivity index is 1.47. The van der Waals surface area contributed by atoms with Crippen LogP contribution in [0.4, 0.5) is 0 Å². The first kappa shape index (κ1) is 25.7. The SMILES string of the molecule is C=C(C)C(=O)NCCOCCOCCOCCn1cc(C(O)(O)N2CCSCC2)nn1. The molecule has 0 spiro atoms. The average molecular weight is 460 g/mol. The summed E-state index contributed by atoms with van der Waals surface area (Å²) in [6, 6.07) is 0. The fraction of sp³-hybridized carbons (Fsp3) is 0.737. The lowest BCUT2D eigenvalue weighted by molar-refractivity contribution is -0.275. The molecular weight excluding hydrogens is 426 g/mol. The Hall–Kier alpha value is -1.54. The van der Waals surface area contributed by atoms with Gasteiger partial charge < -0.3 is 29.7 Å². The van der Waals surface area contributed by atoms with Crippen LogP contribution in [0.25, 0.3) is 0 Å². The Kier molecular flexibility index (Phi) is 11.4. The molecule has 0 aliphatic carbocycles. The first-order valence-corrected chi connectivity index (χ1v) is 11.4. The van der Waals surface area contributed by atoms with Gasteiger partial charge in [0.1, 0.15) is 0 Å². The van der Waals surface area contributed by atoms with Crippen molar-refractivity contribution in [1.29, 1.82) is 0 Å². The van der Waals surface area contributed by atoms with Gasteiger partial charge in [-0.2, -0.15) is 11.8 Å². The lowest BCUT2D eigenvalue weighted by atomic mass is 10.3. The highest BCUT2D eigenvalue weighted by Crippen LogP contribution is 2.24. The number of aliphatic hydroxyl groups is 2. The molecule has 0 unspecified atom stereocenters. The minimum absolute atomic E-state index is 0.113. The average Bonchev–Trinajstić information content (AvgIpc) is 3.24. The van der Waals surface area contributed by atoms with Crippen molar-refractivity contribution in [2.75, 3.05) is 70.8 Å².